The third kappa shape index (κ3) is 13.4. The summed E-state index contributed by atoms with van der Waals surface area (Å²) in [4.78, 5) is 12.5. The maximum absolute atomic E-state index is 12.5. The smallest absolute Gasteiger partial charge is 0.169 e. The SMILES string of the molecule is CCCCCCCCCCCCCCCCCC(O)c1ccc(Oc2ccc(C(=O)C(C)(C)C)c(Cl)c2)cc1. The van der Waals surface area contributed by atoms with Crippen molar-refractivity contribution in [3.05, 3.63) is 58.6 Å². The molecule has 2 rings (SSSR count). The van der Waals surface area contributed by atoms with Crippen LogP contribution in [-0.2, 0) is 0 Å². The molecule has 0 radical (unpaired) electrons. The van der Waals surface area contributed by atoms with Crippen molar-refractivity contribution in [2.75, 3.05) is 0 Å². The molecule has 218 valence electrons. The monoisotopic (exact) mass is 556 g/mol. The van der Waals surface area contributed by atoms with E-state index < -0.39 is 11.5 Å². The molecule has 0 heterocycles. The second-order valence-corrected chi connectivity index (χ2v) is 12.6. The maximum Gasteiger partial charge on any atom is 0.169 e. The highest BCUT2D eigenvalue weighted by molar-refractivity contribution is 6.34. The minimum atomic E-state index is -0.491. The number of unbranched alkanes of at least 4 members (excludes halogenated alkanes) is 14. The van der Waals surface area contributed by atoms with Gasteiger partial charge in [0, 0.05) is 17.0 Å². The van der Waals surface area contributed by atoms with Gasteiger partial charge in [0.1, 0.15) is 11.5 Å². The quantitative estimate of drug-likeness (QED) is 0.130. The first-order valence-corrected chi connectivity index (χ1v) is 15.9. The largest absolute Gasteiger partial charge is 0.457 e. The molecule has 0 saturated heterocycles. The Morgan fingerprint density at radius 2 is 1.21 bits per heavy atom. The molecular weight excluding hydrogens is 504 g/mol. The van der Waals surface area contributed by atoms with Gasteiger partial charge in [0.15, 0.2) is 5.78 Å². The van der Waals surface area contributed by atoms with Crippen LogP contribution < -0.4 is 4.74 Å². The highest BCUT2D eigenvalue weighted by atomic mass is 35.5. The summed E-state index contributed by atoms with van der Waals surface area (Å²) >= 11 is 6.36. The molecule has 39 heavy (non-hydrogen) atoms. The molecule has 0 fully saturated rings. The third-order valence-electron chi connectivity index (χ3n) is 7.45. The summed E-state index contributed by atoms with van der Waals surface area (Å²) in [5.41, 5.74) is 0.931. The van der Waals surface area contributed by atoms with Gasteiger partial charge in [-0.3, -0.25) is 4.79 Å². The van der Waals surface area contributed by atoms with Gasteiger partial charge in [0.25, 0.3) is 0 Å². The second-order valence-electron chi connectivity index (χ2n) is 12.1. The van der Waals surface area contributed by atoms with Crippen LogP contribution in [0.2, 0.25) is 5.02 Å². The number of aliphatic hydroxyl groups is 1. The molecule has 0 amide bonds. The Hall–Kier alpha value is -1.84. The van der Waals surface area contributed by atoms with Crippen molar-refractivity contribution in [1.82, 2.24) is 0 Å². The van der Waals surface area contributed by atoms with Crippen molar-refractivity contribution in [1.29, 1.82) is 0 Å². The van der Waals surface area contributed by atoms with E-state index in [1.54, 1.807) is 18.2 Å². The molecule has 0 aliphatic carbocycles. The summed E-state index contributed by atoms with van der Waals surface area (Å²) < 4.78 is 5.93. The number of aliphatic hydroxyl groups excluding tert-OH is 1. The van der Waals surface area contributed by atoms with E-state index in [0.717, 1.165) is 18.4 Å². The lowest BCUT2D eigenvalue weighted by Gasteiger charge is -2.18. The molecule has 2 aromatic carbocycles. The van der Waals surface area contributed by atoms with Crippen molar-refractivity contribution in [2.24, 2.45) is 5.41 Å². The average Bonchev–Trinajstić information content (AvgIpc) is 2.90. The highest BCUT2D eigenvalue weighted by Crippen LogP contribution is 2.31. The molecule has 0 bridgehead atoms. The van der Waals surface area contributed by atoms with Gasteiger partial charge in [0.05, 0.1) is 11.1 Å². The number of carbonyl (C=O) groups excluding carboxylic acids is 1. The minimum Gasteiger partial charge on any atom is -0.457 e. The molecule has 1 atom stereocenters. The van der Waals surface area contributed by atoms with Gasteiger partial charge < -0.3 is 9.84 Å². The normalized spacial score (nSPS) is 12.5. The van der Waals surface area contributed by atoms with Crippen LogP contribution in [0.5, 0.6) is 11.5 Å². The topological polar surface area (TPSA) is 46.5 Å². The predicted molar refractivity (Wildman–Crippen MR) is 166 cm³/mol. The predicted octanol–water partition coefficient (Wildman–Crippen LogP) is 11.7. The third-order valence-corrected chi connectivity index (χ3v) is 7.76. The van der Waals surface area contributed by atoms with Crippen LogP contribution in [0.3, 0.4) is 0 Å². The maximum atomic E-state index is 12.5. The van der Waals surface area contributed by atoms with Gasteiger partial charge in [-0.1, -0.05) is 148 Å². The van der Waals surface area contributed by atoms with Crippen LogP contribution in [-0.4, -0.2) is 10.9 Å². The summed E-state index contributed by atoms with van der Waals surface area (Å²) in [7, 11) is 0. The number of carbonyl (C=O) groups is 1. The average molecular weight is 557 g/mol. The van der Waals surface area contributed by atoms with Gasteiger partial charge in [-0.15, -0.1) is 0 Å². The summed E-state index contributed by atoms with van der Waals surface area (Å²) in [6.07, 6.45) is 20.5. The lowest BCUT2D eigenvalue weighted by atomic mass is 9.86. The number of rotatable bonds is 20. The zero-order chi connectivity index (χ0) is 28.5. The Morgan fingerprint density at radius 3 is 1.67 bits per heavy atom. The molecule has 1 unspecified atom stereocenters. The zero-order valence-corrected chi connectivity index (χ0v) is 25.8. The Morgan fingerprint density at radius 1 is 0.744 bits per heavy atom. The molecule has 0 aliphatic heterocycles. The number of hydrogen-bond acceptors (Lipinski definition) is 3. The Bertz CT molecular complexity index is 945. The van der Waals surface area contributed by atoms with Crippen LogP contribution in [0.4, 0.5) is 0 Å². The van der Waals surface area contributed by atoms with E-state index in [-0.39, 0.29) is 5.78 Å². The van der Waals surface area contributed by atoms with E-state index in [2.05, 4.69) is 6.92 Å². The minimum absolute atomic E-state index is 0.00600. The zero-order valence-electron chi connectivity index (χ0n) is 25.1. The molecule has 0 spiro atoms. The van der Waals surface area contributed by atoms with E-state index in [4.69, 9.17) is 16.3 Å². The summed E-state index contributed by atoms with van der Waals surface area (Å²) in [6.45, 7) is 7.92. The fraction of sp³-hybridized carbons (Fsp3) is 0.629. The molecule has 3 nitrogen and oxygen atoms in total. The fourth-order valence-electron chi connectivity index (χ4n) is 4.92. The van der Waals surface area contributed by atoms with Crippen molar-refractivity contribution < 1.29 is 14.6 Å². The molecule has 2 aromatic rings. The van der Waals surface area contributed by atoms with E-state index in [9.17, 15) is 9.90 Å². The van der Waals surface area contributed by atoms with Gasteiger partial charge in [-0.25, -0.2) is 0 Å². The Balaban J connectivity index is 1.58. The van der Waals surface area contributed by atoms with Crippen LogP contribution in [0.1, 0.15) is 152 Å². The summed E-state index contributed by atoms with van der Waals surface area (Å²) in [5.74, 6) is 1.26. The number of ether oxygens (including phenoxy) is 1. The van der Waals surface area contributed by atoms with Crippen molar-refractivity contribution in [2.45, 2.75) is 137 Å². The Labute approximate surface area is 243 Å². The van der Waals surface area contributed by atoms with E-state index in [1.165, 1.54) is 89.9 Å². The first kappa shape index (κ1) is 33.4. The van der Waals surface area contributed by atoms with Crippen LogP contribution in [0.15, 0.2) is 42.5 Å². The summed E-state index contributed by atoms with van der Waals surface area (Å²) in [5, 5.41) is 11.0. The van der Waals surface area contributed by atoms with Crippen molar-refractivity contribution >= 4 is 17.4 Å². The summed E-state index contributed by atoms with van der Waals surface area (Å²) in [6, 6.07) is 12.7. The highest BCUT2D eigenvalue weighted by Gasteiger charge is 2.25. The van der Waals surface area contributed by atoms with Crippen molar-refractivity contribution in [3.8, 4) is 11.5 Å². The number of halogens is 1. The standard InChI is InChI=1S/C35H53ClO3/c1-5-6-7-8-9-10-11-12-13-14-15-16-17-18-19-20-33(37)28-21-23-29(24-22-28)39-30-25-26-31(32(36)27-30)34(38)35(2,3)4/h21-27,33,37H,5-20H2,1-4H3. The van der Waals surface area contributed by atoms with Crippen molar-refractivity contribution in [3.63, 3.8) is 0 Å². The van der Waals surface area contributed by atoms with Gasteiger partial charge >= 0.3 is 0 Å². The molecular formula is C35H53ClO3. The van der Waals surface area contributed by atoms with E-state index in [0.29, 0.717) is 22.1 Å². The Kier molecular flexibility index (Phi) is 15.8. The first-order chi connectivity index (χ1) is 18.7. The van der Waals surface area contributed by atoms with Gasteiger partial charge in [-0.2, -0.15) is 0 Å². The number of Topliss-reactive ketones (excluding diaryl/α,β-unsaturated/α-hetero) is 1. The van der Waals surface area contributed by atoms with Gasteiger partial charge in [-0.05, 0) is 36.2 Å². The second kappa shape index (κ2) is 18.5. The lowest BCUT2D eigenvalue weighted by Crippen LogP contribution is -2.20. The van der Waals surface area contributed by atoms with Crippen LogP contribution >= 0.6 is 11.6 Å². The molecule has 4 heteroatoms. The first-order valence-electron chi connectivity index (χ1n) is 15.5. The number of ketones is 1. The lowest BCUT2D eigenvalue weighted by molar-refractivity contribution is 0.0858. The van der Waals surface area contributed by atoms with E-state index >= 15 is 0 Å². The number of hydrogen-bond donors (Lipinski definition) is 1. The molecule has 0 aliphatic rings. The number of benzene rings is 2. The molecule has 0 saturated carbocycles. The van der Waals surface area contributed by atoms with E-state index in [1.807, 2.05) is 45.0 Å². The molecule has 1 N–H and O–H groups in total. The molecule has 0 aromatic heterocycles. The van der Waals surface area contributed by atoms with Crippen LogP contribution in [0.25, 0.3) is 0 Å². The van der Waals surface area contributed by atoms with Crippen LogP contribution in [0, 0.1) is 5.41 Å². The fourth-order valence-corrected chi connectivity index (χ4v) is 5.17. The van der Waals surface area contributed by atoms with Gasteiger partial charge in [0.2, 0.25) is 0 Å².